The molecular formula is C10H14FNO. The van der Waals surface area contributed by atoms with Crippen LogP contribution in [0.25, 0.3) is 0 Å². The summed E-state index contributed by atoms with van der Waals surface area (Å²) < 4.78 is 17.7. The van der Waals surface area contributed by atoms with E-state index in [9.17, 15) is 4.39 Å². The van der Waals surface area contributed by atoms with Crippen LogP contribution in [-0.4, -0.2) is 12.6 Å². The van der Waals surface area contributed by atoms with Gasteiger partial charge in [0.1, 0.15) is 5.82 Å². The molecule has 1 atom stereocenters. The van der Waals surface area contributed by atoms with E-state index in [1.165, 1.54) is 12.1 Å². The zero-order valence-electron chi connectivity index (χ0n) is 7.66. The van der Waals surface area contributed by atoms with Crippen molar-refractivity contribution in [3.8, 4) is 0 Å². The van der Waals surface area contributed by atoms with Crippen LogP contribution in [0.1, 0.15) is 12.5 Å². The van der Waals surface area contributed by atoms with Crippen molar-refractivity contribution in [2.24, 2.45) is 5.73 Å². The van der Waals surface area contributed by atoms with Crippen LogP contribution >= 0.6 is 0 Å². The Balaban J connectivity index is 2.33. The molecule has 0 bridgehead atoms. The molecule has 1 aromatic carbocycles. The van der Waals surface area contributed by atoms with Crippen LogP contribution in [0.5, 0.6) is 0 Å². The van der Waals surface area contributed by atoms with Gasteiger partial charge in [-0.05, 0) is 24.6 Å². The lowest BCUT2D eigenvalue weighted by Crippen LogP contribution is -2.21. The molecule has 72 valence electrons. The van der Waals surface area contributed by atoms with Crippen molar-refractivity contribution in [2.75, 3.05) is 6.61 Å². The van der Waals surface area contributed by atoms with E-state index < -0.39 is 0 Å². The highest BCUT2D eigenvalue weighted by Crippen LogP contribution is 2.03. The van der Waals surface area contributed by atoms with Crippen molar-refractivity contribution in [3.63, 3.8) is 0 Å². The minimum Gasteiger partial charge on any atom is -0.375 e. The lowest BCUT2D eigenvalue weighted by Gasteiger charge is -2.06. The van der Waals surface area contributed by atoms with Gasteiger partial charge in [-0.2, -0.15) is 0 Å². The Morgan fingerprint density at radius 3 is 2.54 bits per heavy atom. The molecule has 2 N–H and O–H groups in total. The summed E-state index contributed by atoms with van der Waals surface area (Å²) in [6.45, 7) is 2.89. The van der Waals surface area contributed by atoms with E-state index in [1.807, 2.05) is 6.92 Å². The lowest BCUT2D eigenvalue weighted by molar-refractivity contribution is 0.111. The largest absolute Gasteiger partial charge is 0.375 e. The van der Waals surface area contributed by atoms with Crippen LogP contribution < -0.4 is 5.73 Å². The van der Waals surface area contributed by atoms with Gasteiger partial charge in [0, 0.05) is 6.04 Å². The van der Waals surface area contributed by atoms with Gasteiger partial charge < -0.3 is 10.5 Å². The third-order valence-corrected chi connectivity index (χ3v) is 1.56. The number of nitrogens with two attached hydrogens (primary N) is 1. The highest BCUT2D eigenvalue weighted by molar-refractivity contribution is 5.14. The first-order chi connectivity index (χ1) is 6.18. The summed E-state index contributed by atoms with van der Waals surface area (Å²) in [5.41, 5.74) is 6.46. The summed E-state index contributed by atoms with van der Waals surface area (Å²) in [6.07, 6.45) is 0. The zero-order valence-corrected chi connectivity index (χ0v) is 7.66. The summed E-state index contributed by atoms with van der Waals surface area (Å²) in [5.74, 6) is -0.226. The molecule has 0 spiro atoms. The van der Waals surface area contributed by atoms with E-state index in [-0.39, 0.29) is 11.9 Å². The smallest absolute Gasteiger partial charge is 0.123 e. The number of hydrogen-bond acceptors (Lipinski definition) is 2. The summed E-state index contributed by atoms with van der Waals surface area (Å²) in [7, 11) is 0. The van der Waals surface area contributed by atoms with E-state index in [0.29, 0.717) is 13.2 Å². The number of hydrogen-bond donors (Lipinski definition) is 1. The maximum atomic E-state index is 12.5. The first-order valence-electron chi connectivity index (χ1n) is 4.26. The molecule has 0 heterocycles. The van der Waals surface area contributed by atoms with Gasteiger partial charge in [-0.1, -0.05) is 12.1 Å². The molecular weight excluding hydrogens is 169 g/mol. The normalized spacial score (nSPS) is 12.8. The van der Waals surface area contributed by atoms with E-state index in [1.54, 1.807) is 12.1 Å². The molecule has 0 aliphatic carbocycles. The molecule has 0 fully saturated rings. The Labute approximate surface area is 77.5 Å². The maximum Gasteiger partial charge on any atom is 0.123 e. The molecule has 3 heteroatoms. The van der Waals surface area contributed by atoms with Crippen molar-refractivity contribution >= 4 is 0 Å². The van der Waals surface area contributed by atoms with Crippen LogP contribution in [0, 0.1) is 5.82 Å². The molecule has 0 saturated heterocycles. The first-order valence-corrected chi connectivity index (χ1v) is 4.26. The van der Waals surface area contributed by atoms with Crippen LogP contribution in [0.3, 0.4) is 0 Å². The minimum atomic E-state index is -0.226. The second kappa shape index (κ2) is 4.94. The SMILES string of the molecule is C[C@H](N)COCc1ccc(F)cc1. The predicted molar refractivity (Wildman–Crippen MR) is 49.7 cm³/mol. The molecule has 0 aliphatic heterocycles. The Hall–Kier alpha value is -0.930. The zero-order chi connectivity index (χ0) is 9.68. The quantitative estimate of drug-likeness (QED) is 0.771. The van der Waals surface area contributed by atoms with Gasteiger partial charge in [-0.15, -0.1) is 0 Å². The fourth-order valence-electron chi connectivity index (χ4n) is 0.943. The Morgan fingerprint density at radius 2 is 2.00 bits per heavy atom. The van der Waals surface area contributed by atoms with E-state index in [0.717, 1.165) is 5.56 Å². The number of ether oxygens (including phenoxy) is 1. The Morgan fingerprint density at radius 1 is 1.38 bits per heavy atom. The van der Waals surface area contributed by atoms with Crippen LogP contribution in [-0.2, 0) is 11.3 Å². The second-order valence-corrected chi connectivity index (χ2v) is 3.12. The van der Waals surface area contributed by atoms with Crippen LogP contribution in [0.15, 0.2) is 24.3 Å². The second-order valence-electron chi connectivity index (χ2n) is 3.12. The van der Waals surface area contributed by atoms with Crippen molar-refractivity contribution in [1.82, 2.24) is 0 Å². The van der Waals surface area contributed by atoms with Crippen molar-refractivity contribution in [2.45, 2.75) is 19.6 Å². The van der Waals surface area contributed by atoms with Gasteiger partial charge in [0.2, 0.25) is 0 Å². The molecule has 0 unspecified atom stereocenters. The molecule has 0 saturated carbocycles. The summed E-state index contributed by atoms with van der Waals surface area (Å²) in [4.78, 5) is 0. The fourth-order valence-corrected chi connectivity index (χ4v) is 0.943. The van der Waals surface area contributed by atoms with Gasteiger partial charge in [-0.3, -0.25) is 0 Å². The van der Waals surface area contributed by atoms with Gasteiger partial charge in [0.05, 0.1) is 13.2 Å². The molecule has 0 amide bonds. The molecule has 1 aromatic rings. The maximum absolute atomic E-state index is 12.5. The Bertz CT molecular complexity index is 246. The third-order valence-electron chi connectivity index (χ3n) is 1.56. The lowest BCUT2D eigenvalue weighted by atomic mass is 10.2. The average Bonchev–Trinajstić information content (AvgIpc) is 2.08. The van der Waals surface area contributed by atoms with E-state index in [4.69, 9.17) is 10.5 Å². The molecule has 0 aromatic heterocycles. The predicted octanol–water partition coefficient (Wildman–Crippen LogP) is 1.69. The summed E-state index contributed by atoms with van der Waals surface area (Å²) >= 11 is 0. The van der Waals surface area contributed by atoms with Crippen LogP contribution in [0.2, 0.25) is 0 Å². The fraction of sp³-hybridized carbons (Fsp3) is 0.400. The average molecular weight is 183 g/mol. The van der Waals surface area contributed by atoms with Crippen molar-refractivity contribution in [1.29, 1.82) is 0 Å². The standard InChI is InChI=1S/C10H14FNO/c1-8(12)6-13-7-9-2-4-10(11)5-3-9/h2-5,8H,6-7,12H2,1H3/t8-/m0/s1. The topological polar surface area (TPSA) is 35.2 Å². The first kappa shape index (κ1) is 10.2. The van der Waals surface area contributed by atoms with Crippen LogP contribution in [0.4, 0.5) is 4.39 Å². The molecule has 2 nitrogen and oxygen atoms in total. The summed E-state index contributed by atoms with van der Waals surface area (Å²) in [6, 6.07) is 6.29. The molecule has 0 aliphatic rings. The molecule has 13 heavy (non-hydrogen) atoms. The minimum absolute atomic E-state index is 0.0421. The Kier molecular flexibility index (Phi) is 3.86. The van der Waals surface area contributed by atoms with Gasteiger partial charge in [0.25, 0.3) is 0 Å². The molecule has 1 rings (SSSR count). The van der Waals surface area contributed by atoms with E-state index in [2.05, 4.69) is 0 Å². The van der Waals surface area contributed by atoms with E-state index >= 15 is 0 Å². The van der Waals surface area contributed by atoms with Crippen molar-refractivity contribution in [3.05, 3.63) is 35.6 Å². The number of benzene rings is 1. The monoisotopic (exact) mass is 183 g/mol. The molecule has 0 radical (unpaired) electrons. The van der Waals surface area contributed by atoms with Gasteiger partial charge in [-0.25, -0.2) is 4.39 Å². The summed E-state index contributed by atoms with van der Waals surface area (Å²) in [5, 5.41) is 0. The highest BCUT2D eigenvalue weighted by Gasteiger charge is 1.96. The third kappa shape index (κ3) is 4.01. The number of rotatable bonds is 4. The van der Waals surface area contributed by atoms with Gasteiger partial charge >= 0.3 is 0 Å². The van der Waals surface area contributed by atoms with Gasteiger partial charge in [0.15, 0.2) is 0 Å². The number of halogens is 1. The highest BCUT2D eigenvalue weighted by atomic mass is 19.1. The van der Waals surface area contributed by atoms with Crippen molar-refractivity contribution < 1.29 is 9.13 Å².